The largest absolute Gasteiger partial charge is 0.309 e. The van der Waals surface area contributed by atoms with Crippen LogP contribution < -0.4 is 10.6 Å². The van der Waals surface area contributed by atoms with Crippen molar-refractivity contribution in [2.45, 2.75) is 32.7 Å². The highest BCUT2D eigenvalue weighted by atomic mass is 16.2. The van der Waals surface area contributed by atoms with Crippen molar-refractivity contribution in [1.82, 2.24) is 20.1 Å². The molecule has 0 spiro atoms. The molecule has 4 rings (SSSR count). The Morgan fingerprint density at radius 2 is 1.71 bits per heavy atom. The van der Waals surface area contributed by atoms with Gasteiger partial charge < -0.3 is 10.6 Å². The van der Waals surface area contributed by atoms with Gasteiger partial charge in [-0.1, -0.05) is 67.1 Å². The van der Waals surface area contributed by atoms with Crippen molar-refractivity contribution in [3.8, 4) is 11.1 Å². The molecular formula is C28H31N5O. The van der Waals surface area contributed by atoms with Crippen molar-refractivity contribution in [1.29, 1.82) is 0 Å². The van der Waals surface area contributed by atoms with Gasteiger partial charge in [0.2, 0.25) is 5.91 Å². The zero-order valence-corrected chi connectivity index (χ0v) is 20.1. The van der Waals surface area contributed by atoms with Crippen molar-refractivity contribution in [2.75, 3.05) is 11.9 Å². The number of nitrogens with zero attached hydrogens (tertiary/aromatic N) is 3. The first-order chi connectivity index (χ1) is 16.4. The van der Waals surface area contributed by atoms with Crippen LogP contribution in [0.3, 0.4) is 0 Å². The third-order valence-electron chi connectivity index (χ3n) is 6.01. The fraction of sp³-hybridized carbons (Fsp3) is 0.250. The van der Waals surface area contributed by atoms with E-state index in [1.165, 1.54) is 11.1 Å². The summed E-state index contributed by atoms with van der Waals surface area (Å²) in [4.78, 5) is 17.8. The Morgan fingerprint density at radius 3 is 2.32 bits per heavy atom. The number of aryl methyl sites for hydroxylation is 3. The smallest absolute Gasteiger partial charge is 0.247 e. The van der Waals surface area contributed by atoms with Gasteiger partial charge in [-0.15, -0.1) is 0 Å². The molecule has 2 N–H and O–H groups in total. The van der Waals surface area contributed by atoms with E-state index in [-0.39, 0.29) is 11.8 Å². The van der Waals surface area contributed by atoms with Crippen molar-refractivity contribution < 1.29 is 4.79 Å². The van der Waals surface area contributed by atoms with E-state index in [2.05, 4.69) is 58.8 Å². The summed E-state index contributed by atoms with van der Waals surface area (Å²) in [7, 11) is 1.90. The summed E-state index contributed by atoms with van der Waals surface area (Å²) in [6, 6.07) is 21.6. The highest BCUT2D eigenvalue weighted by Gasteiger charge is 2.22. The van der Waals surface area contributed by atoms with Gasteiger partial charge >= 0.3 is 0 Å². The number of aromatic nitrogens is 3. The molecule has 2 heterocycles. The van der Waals surface area contributed by atoms with Crippen molar-refractivity contribution in [3.05, 3.63) is 102 Å². The van der Waals surface area contributed by atoms with Crippen LogP contribution in [0.15, 0.2) is 79.1 Å². The summed E-state index contributed by atoms with van der Waals surface area (Å²) >= 11 is 0. The minimum absolute atomic E-state index is 0.139. The van der Waals surface area contributed by atoms with Gasteiger partial charge in [-0.2, -0.15) is 5.10 Å². The summed E-state index contributed by atoms with van der Waals surface area (Å²) in [6.45, 7) is 6.89. The molecule has 174 valence electrons. The third-order valence-corrected chi connectivity index (χ3v) is 6.01. The van der Waals surface area contributed by atoms with Crippen LogP contribution in [0.25, 0.3) is 11.1 Å². The maximum atomic E-state index is 13.3. The molecule has 0 saturated carbocycles. The quantitative estimate of drug-likeness (QED) is 0.386. The number of amides is 1. The maximum absolute atomic E-state index is 13.3. The third kappa shape index (κ3) is 5.58. The van der Waals surface area contributed by atoms with Crippen molar-refractivity contribution in [2.24, 2.45) is 7.05 Å². The van der Waals surface area contributed by atoms with E-state index >= 15 is 0 Å². The second-order valence-corrected chi connectivity index (χ2v) is 8.79. The number of rotatable bonds is 8. The Hall–Kier alpha value is -3.77. The molecule has 0 aliphatic rings. The average molecular weight is 454 g/mol. The minimum atomic E-state index is -0.490. The number of pyridine rings is 1. The Balaban J connectivity index is 1.47. The molecular weight excluding hydrogens is 422 g/mol. The lowest BCUT2D eigenvalue weighted by atomic mass is 9.98. The fourth-order valence-electron chi connectivity index (χ4n) is 4.02. The van der Waals surface area contributed by atoms with Gasteiger partial charge in [-0.25, -0.2) is 4.98 Å². The Morgan fingerprint density at radius 1 is 0.971 bits per heavy atom. The SMILES string of the molecule is Cc1ccc(C(C)CN[C@@H](C(=O)Nc2ccc(-c3cn(C)nc3C)cn2)c2ccccc2)cc1. The van der Waals surface area contributed by atoms with E-state index in [4.69, 9.17) is 0 Å². The van der Waals surface area contributed by atoms with E-state index in [0.717, 1.165) is 22.4 Å². The zero-order valence-electron chi connectivity index (χ0n) is 20.1. The first-order valence-corrected chi connectivity index (χ1v) is 11.5. The summed E-state index contributed by atoms with van der Waals surface area (Å²) in [5.74, 6) is 0.643. The molecule has 0 aliphatic heterocycles. The molecule has 0 fully saturated rings. The predicted molar refractivity (Wildman–Crippen MR) is 137 cm³/mol. The van der Waals surface area contributed by atoms with E-state index in [1.807, 2.05) is 62.6 Å². The maximum Gasteiger partial charge on any atom is 0.247 e. The van der Waals surface area contributed by atoms with Gasteiger partial charge in [0, 0.05) is 37.1 Å². The molecule has 6 heteroatoms. The molecule has 0 aliphatic carbocycles. The summed E-state index contributed by atoms with van der Waals surface area (Å²) in [6.07, 6.45) is 3.74. The van der Waals surface area contributed by atoms with Crippen LogP contribution in [0.5, 0.6) is 0 Å². The number of benzene rings is 2. The standard InChI is InChI=1S/C28H31N5O/c1-19-10-12-22(13-11-19)20(2)16-30-27(23-8-6-5-7-9-23)28(34)31-26-15-14-24(17-29-26)25-18-33(4)32-21(25)3/h5-15,17-18,20,27,30H,16H2,1-4H3,(H,29,31,34)/t20?,27-/m1/s1. The van der Waals surface area contributed by atoms with Crippen LogP contribution in [-0.4, -0.2) is 27.2 Å². The van der Waals surface area contributed by atoms with Gasteiger partial charge in [0.05, 0.1) is 5.69 Å². The van der Waals surface area contributed by atoms with E-state index in [9.17, 15) is 4.79 Å². The monoisotopic (exact) mass is 453 g/mol. The molecule has 1 amide bonds. The molecule has 0 saturated heterocycles. The lowest BCUT2D eigenvalue weighted by Gasteiger charge is -2.21. The molecule has 1 unspecified atom stereocenters. The first kappa shape index (κ1) is 23.4. The highest BCUT2D eigenvalue weighted by molar-refractivity contribution is 5.95. The Bertz CT molecular complexity index is 1230. The Labute approximate surface area is 201 Å². The molecule has 0 bridgehead atoms. The molecule has 2 aromatic carbocycles. The van der Waals surface area contributed by atoms with Crippen LogP contribution in [0.4, 0.5) is 5.82 Å². The second-order valence-electron chi connectivity index (χ2n) is 8.79. The number of carbonyl (C=O) groups is 1. The zero-order chi connectivity index (χ0) is 24.1. The average Bonchev–Trinajstić information content (AvgIpc) is 3.18. The minimum Gasteiger partial charge on any atom is -0.309 e. The summed E-state index contributed by atoms with van der Waals surface area (Å²) < 4.78 is 1.79. The van der Waals surface area contributed by atoms with Gasteiger partial charge in [-0.3, -0.25) is 9.48 Å². The van der Waals surface area contributed by atoms with Crippen LogP contribution in [0.2, 0.25) is 0 Å². The van der Waals surface area contributed by atoms with Gasteiger partial charge in [-0.05, 0) is 43.0 Å². The number of hydrogen-bond acceptors (Lipinski definition) is 4. The molecule has 2 aromatic heterocycles. The molecule has 34 heavy (non-hydrogen) atoms. The van der Waals surface area contributed by atoms with E-state index in [1.54, 1.807) is 10.9 Å². The number of hydrogen-bond donors (Lipinski definition) is 2. The van der Waals surface area contributed by atoms with Gasteiger partial charge in [0.25, 0.3) is 0 Å². The van der Waals surface area contributed by atoms with Gasteiger partial charge in [0.1, 0.15) is 11.9 Å². The number of nitrogens with one attached hydrogen (secondary N) is 2. The van der Waals surface area contributed by atoms with Crippen molar-refractivity contribution >= 4 is 11.7 Å². The molecule has 4 aromatic rings. The van der Waals surface area contributed by atoms with Crippen LogP contribution >= 0.6 is 0 Å². The van der Waals surface area contributed by atoms with E-state index in [0.29, 0.717) is 12.4 Å². The predicted octanol–water partition coefficient (Wildman–Crippen LogP) is 5.17. The Kier molecular flexibility index (Phi) is 7.18. The van der Waals surface area contributed by atoms with Crippen LogP contribution in [0, 0.1) is 13.8 Å². The van der Waals surface area contributed by atoms with Crippen molar-refractivity contribution in [3.63, 3.8) is 0 Å². The second kappa shape index (κ2) is 10.4. The fourth-order valence-corrected chi connectivity index (χ4v) is 4.02. The van der Waals surface area contributed by atoms with Crippen LogP contribution in [-0.2, 0) is 11.8 Å². The van der Waals surface area contributed by atoms with Crippen LogP contribution in [0.1, 0.15) is 41.3 Å². The molecule has 6 nitrogen and oxygen atoms in total. The highest BCUT2D eigenvalue weighted by Crippen LogP contribution is 2.23. The van der Waals surface area contributed by atoms with E-state index < -0.39 is 6.04 Å². The summed E-state index contributed by atoms with van der Waals surface area (Å²) in [5, 5.41) is 10.8. The number of carbonyl (C=O) groups excluding carboxylic acids is 1. The normalized spacial score (nSPS) is 12.8. The lowest BCUT2D eigenvalue weighted by Crippen LogP contribution is -2.35. The summed E-state index contributed by atoms with van der Waals surface area (Å²) in [5.41, 5.74) is 6.34. The molecule has 2 atom stereocenters. The van der Waals surface area contributed by atoms with Gasteiger partial charge in [0.15, 0.2) is 0 Å². The number of anilines is 1. The topological polar surface area (TPSA) is 71.8 Å². The molecule has 0 radical (unpaired) electrons. The first-order valence-electron chi connectivity index (χ1n) is 11.5. The lowest BCUT2D eigenvalue weighted by molar-refractivity contribution is -0.118.